The molecule has 4 rings (SSSR count). The summed E-state index contributed by atoms with van der Waals surface area (Å²) in [7, 11) is 4.35. The van der Waals surface area contributed by atoms with E-state index in [9.17, 15) is 19.5 Å². The lowest BCUT2D eigenvalue weighted by atomic mass is 9.87. The van der Waals surface area contributed by atoms with Gasteiger partial charge in [-0.25, -0.2) is 9.59 Å². The first-order chi connectivity index (χ1) is 15.9. The highest BCUT2D eigenvalue weighted by atomic mass is 16.5. The average Bonchev–Trinajstić information content (AvgIpc) is 3.22. The molecule has 9 heteroatoms. The first-order valence-corrected chi connectivity index (χ1v) is 10.1. The number of methoxy groups -OCH3 is 3. The molecular weight excluding hydrogens is 428 g/mol. The van der Waals surface area contributed by atoms with Gasteiger partial charge in [0, 0.05) is 24.6 Å². The Morgan fingerprint density at radius 2 is 1.79 bits per heavy atom. The van der Waals surface area contributed by atoms with E-state index in [0.29, 0.717) is 28.4 Å². The van der Waals surface area contributed by atoms with Gasteiger partial charge in [-0.15, -0.1) is 0 Å². The lowest BCUT2D eigenvalue weighted by Gasteiger charge is -2.27. The van der Waals surface area contributed by atoms with Crippen molar-refractivity contribution < 1.29 is 33.7 Å². The number of rotatable bonds is 6. The number of aromatic carboxylic acids is 1. The minimum absolute atomic E-state index is 0.0425. The molecule has 3 aromatic rings. The lowest BCUT2D eigenvalue weighted by Crippen LogP contribution is -2.25. The summed E-state index contributed by atoms with van der Waals surface area (Å²) in [4.78, 5) is 36.4. The van der Waals surface area contributed by atoms with Crippen molar-refractivity contribution in [3.63, 3.8) is 0 Å². The monoisotopic (exact) mass is 450 g/mol. The number of nitrogens with one attached hydrogen (secondary N) is 1. The molecular formula is C24H22N2O7. The summed E-state index contributed by atoms with van der Waals surface area (Å²) in [5.74, 6) is -1.35. The van der Waals surface area contributed by atoms with E-state index in [1.807, 2.05) is 0 Å². The largest absolute Gasteiger partial charge is 0.497 e. The van der Waals surface area contributed by atoms with Crippen LogP contribution in [-0.4, -0.2) is 48.8 Å². The molecule has 9 nitrogen and oxygen atoms in total. The Balaban J connectivity index is 1.94. The number of benzene rings is 2. The molecule has 0 bridgehead atoms. The van der Waals surface area contributed by atoms with Crippen LogP contribution >= 0.6 is 0 Å². The van der Waals surface area contributed by atoms with Crippen molar-refractivity contribution in [2.24, 2.45) is 0 Å². The van der Waals surface area contributed by atoms with Crippen LogP contribution in [0.2, 0.25) is 0 Å². The molecule has 0 radical (unpaired) electrons. The second-order valence-electron chi connectivity index (χ2n) is 7.43. The number of ether oxygens (including phenoxy) is 3. The van der Waals surface area contributed by atoms with Crippen molar-refractivity contribution in [3.8, 4) is 17.2 Å². The normalized spacial score (nSPS) is 14.8. The second kappa shape index (κ2) is 8.70. The number of hydrogen-bond donors (Lipinski definition) is 2. The summed E-state index contributed by atoms with van der Waals surface area (Å²) < 4.78 is 17.3. The molecule has 0 fully saturated rings. The molecule has 33 heavy (non-hydrogen) atoms. The van der Waals surface area contributed by atoms with Gasteiger partial charge in [-0.2, -0.15) is 0 Å². The number of nitrogens with zero attached hydrogens (tertiary/aromatic N) is 1. The topological polar surface area (TPSA) is 116 Å². The van der Waals surface area contributed by atoms with Crippen LogP contribution in [0.1, 0.15) is 44.3 Å². The van der Waals surface area contributed by atoms with Crippen LogP contribution < -0.4 is 14.8 Å². The fourth-order valence-electron chi connectivity index (χ4n) is 4.06. The van der Waals surface area contributed by atoms with Gasteiger partial charge in [0.2, 0.25) is 5.91 Å². The molecule has 0 unspecified atom stereocenters. The van der Waals surface area contributed by atoms with Gasteiger partial charge in [-0.05, 0) is 29.8 Å². The maximum atomic E-state index is 12.5. The van der Waals surface area contributed by atoms with E-state index < -0.39 is 17.9 Å². The van der Waals surface area contributed by atoms with Gasteiger partial charge in [-0.3, -0.25) is 4.79 Å². The van der Waals surface area contributed by atoms with E-state index in [1.54, 1.807) is 47.0 Å². The Labute approximate surface area is 189 Å². The average molecular weight is 450 g/mol. The summed E-state index contributed by atoms with van der Waals surface area (Å²) >= 11 is 0. The van der Waals surface area contributed by atoms with E-state index in [1.165, 1.54) is 27.5 Å². The Morgan fingerprint density at radius 3 is 2.39 bits per heavy atom. The fourth-order valence-corrected chi connectivity index (χ4v) is 4.06. The number of anilines is 1. The van der Waals surface area contributed by atoms with E-state index in [0.717, 1.165) is 5.56 Å². The number of aromatic nitrogens is 1. The predicted octanol–water partition coefficient (Wildman–Crippen LogP) is 3.45. The molecule has 1 aromatic heterocycles. The van der Waals surface area contributed by atoms with Gasteiger partial charge in [0.1, 0.15) is 17.1 Å². The number of hydrogen-bond acceptors (Lipinski definition) is 6. The third-order valence-corrected chi connectivity index (χ3v) is 5.64. The fraction of sp³-hybridized carbons (Fsp3) is 0.208. The molecule has 1 aliphatic heterocycles. The number of carbonyl (C=O) groups excluding carboxylic acids is 2. The maximum absolute atomic E-state index is 12.5. The van der Waals surface area contributed by atoms with Gasteiger partial charge in [-0.1, -0.05) is 12.1 Å². The van der Waals surface area contributed by atoms with Crippen molar-refractivity contribution in [2.75, 3.05) is 26.6 Å². The number of carbonyl (C=O) groups is 3. The van der Waals surface area contributed by atoms with Crippen LogP contribution in [-0.2, 0) is 9.53 Å². The van der Waals surface area contributed by atoms with E-state index in [4.69, 9.17) is 14.2 Å². The van der Waals surface area contributed by atoms with E-state index >= 15 is 0 Å². The molecule has 0 aliphatic carbocycles. The van der Waals surface area contributed by atoms with Crippen LogP contribution in [0.5, 0.6) is 11.5 Å². The Bertz CT molecular complexity index is 1240. The Hall–Kier alpha value is -4.27. The van der Waals surface area contributed by atoms with Crippen LogP contribution in [0.15, 0.2) is 48.7 Å². The summed E-state index contributed by atoms with van der Waals surface area (Å²) in [6.45, 7) is 0. The zero-order valence-corrected chi connectivity index (χ0v) is 18.2. The zero-order chi connectivity index (χ0) is 23.7. The molecule has 2 N–H and O–H groups in total. The first kappa shape index (κ1) is 21.9. The SMILES string of the molecule is COC(=O)c1ccc([C@@H]2CC(=O)Nc3c(C(=O)O)cn(-c4cc(OC)ccc4OC)c32)cc1. The summed E-state index contributed by atoms with van der Waals surface area (Å²) in [6.07, 6.45) is 1.56. The van der Waals surface area contributed by atoms with Gasteiger partial charge in [0.15, 0.2) is 0 Å². The van der Waals surface area contributed by atoms with Crippen LogP contribution in [0.4, 0.5) is 5.69 Å². The molecule has 1 amide bonds. The number of fused-ring (bicyclic) bond motifs is 1. The highest BCUT2D eigenvalue weighted by Gasteiger charge is 2.35. The van der Waals surface area contributed by atoms with Gasteiger partial charge < -0.3 is 29.2 Å². The van der Waals surface area contributed by atoms with Crippen LogP contribution in [0, 0.1) is 0 Å². The van der Waals surface area contributed by atoms with Crippen molar-refractivity contribution in [1.29, 1.82) is 0 Å². The molecule has 170 valence electrons. The first-order valence-electron chi connectivity index (χ1n) is 10.1. The predicted molar refractivity (Wildman–Crippen MR) is 119 cm³/mol. The quantitative estimate of drug-likeness (QED) is 0.553. The van der Waals surface area contributed by atoms with E-state index in [2.05, 4.69) is 5.32 Å². The Morgan fingerprint density at radius 1 is 1.06 bits per heavy atom. The molecule has 2 heterocycles. The third kappa shape index (κ3) is 3.89. The number of carboxylic acids is 1. The second-order valence-corrected chi connectivity index (χ2v) is 7.43. The van der Waals surface area contributed by atoms with Crippen LogP contribution in [0.3, 0.4) is 0 Å². The van der Waals surface area contributed by atoms with Crippen LogP contribution in [0.25, 0.3) is 5.69 Å². The molecule has 2 aromatic carbocycles. The number of carboxylic acid groups (broad SMARTS) is 1. The molecule has 0 saturated heterocycles. The number of esters is 1. The third-order valence-electron chi connectivity index (χ3n) is 5.64. The smallest absolute Gasteiger partial charge is 0.339 e. The number of amides is 1. The van der Waals surface area contributed by atoms with Crippen molar-refractivity contribution >= 4 is 23.5 Å². The maximum Gasteiger partial charge on any atom is 0.339 e. The molecule has 1 atom stereocenters. The zero-order valence-electron chi connectivity index (χ0n) is 18.2. The molecule has 0 saturated carbocycles. The lowest BCUT2D eigenvalue weighted by molar-refractivity contribution is -0.116. The minimum atomic E-state index is -1.17. The Kier molecular flexibility index (Phi) is 5.78. The molecule has 0 spiro atoms. The van der Waals surface area contributed by atoms with Gasteiger partial charge in [0.25, 0.3) is 0 Å². The highest BCUT2D eigenvalue weighted by Crippen LogP contribution is 2.43. The summed E-state index contributed by atoms with van der Waals surface area (Å²) in [6, 6.07) is 11.9. The highest BCUT2D eigenvalue weighted by molar-refractivity contribution is 6.04. The van der Waals surface area contributed by atoms with Gasteiger partial charge in [0.05, 0.1) is 44.0 Å². The van der Waals surface area contributed by atoms with Crippen molar-refractivity contribution in [1.82, 2.24) is 4.57 Å². The standard InChI is InChI=1S/C24H22N2O7/c1-31-15-8-9-19(32-2)18(10-15)26-12-17(23(28)29)21-22(26)16(11-20(27)25-21)13-4-6-14(7-5-13)24(30)33-3/h4-10,12,16H,11H2,1-3H3,(H,25,27)(H,28,29)/t16-/m0/s1. The van der Waals surface area contributed by atoms with E-state index in [-0.39, 0.29) is 23.6 Å². The minimum Gasteiger partial charge on any atom is -0.497 e. The summed E-state index contributed by atoms with van der Waals surface area (Å²) in [5, 5.41) is 12.5. The van der Waals surface area contributed by atoms with Crippen molar-refractivity contribution in [2.45, 2.75) is 12.3 Å². The van der Waals surface area contributed by atoms with Crippen molar-refractivity contribution in [3.05, 3.63) is 71.0 Å². The summed E-state index contributed by atoms with van der Waals surface area (Å²) in [5.41, 5.74) is 2.46. The van der Waals surface area contributed by atoms with Gasteiger partial charge >= 0.3 is 11.9 Å². The molecule has 1 aliphatic rings.